The minimum atomic E-state index is -5.08. The number of carboxylic acids is 4. The molecule has 131 heavy (non-hydrogen) atoms. The van der Waals surface area contributed by atoms with E-state index in [9.17, 15) is 130 Å². The molecule has 0 fully saturated rings. The first-order chi connectivity index (χ1) is 61.0. The van der Waals surface area contributed by atoms with Crippen molar-refractivity contribution in [3.63, 3.8) is 0 Å². The van der Waals surface area contributed by atoms with Gasteiger partial charge in [0.25, 0.3) is 0 Å². The number of rotatable bonds is 49. The molecule has 0 aliphatic rings. The normalized spacial score (nSPS) is 14.7. The van der Waals surface area contributed by atoms with Gasteiger partial charge in [-0.2, -0.15) is 13.2 Å². The van der Waals surface area contributed by atoms with Crippen LogP contribution in [0.5, 0.6) is 5.75 Å². The number of aliphatic hydroxyl groups is 3. The van der Waals surface area contributed by atoms with E-state index in [1.807, 2.05) is 0 Å². The van der Waals surface area contributed by atoms with Gasteiger partial charge in [-0.25, -0.2) is 4.79 Å². The topological polar surface area (TPSA) is 683 Å². The quantitative estimate of drug-likeness (QED) is 0.0218. The number of amides is 14. The van der Waals surface area contributed by atoms with Crippen molar-refractivity contribution >= 4 is 128 Å². The Morgan fingerprint density at radius 3 is 1.10 bits per heavy atom. The van der Waals surface area contributed by atoms with Crippen molar-refractivity contribution in [1.82, 2.24) is 79.1 Å². The summed E-state index contributed by atoms with van der Waals surface area (Å²) in [6, 6.07) is 4.30. The maximum absolute atomic E-state index is 15.0. The number of nitrogens with one attached hydrogen (secondary N) is 15. The summed E-state index contributed by atoms with van der Waals surface area (Å²) in [5, 5.41) is 112. The molecule has 2 aromatic heterocycles. The number of carbonyl (C=O) groups is 18. The minimum absolute atomic E-state index is 0. The maximum Gasteiger partial charge on any atom is 0.490 e. The van der Waals surface area contributed by atoms with Crippen LogP contribution in [0.25, 0.3) is 21.8 Å². The van der Waals surface area contributed by atoms with Crippen LogP contribution in [0.3, 0.4) is 0 Å². The van der Waals surface area contributed by atoms with Gasteiger partial charge in [-0.05, 0) is 97.4 Å². The number of hydrogen-bond acceptors (Lipinski definition) is 22. The largest absolute Gasteiger partial charge is 0.508 e. The van der Waals surface area contributed by atoms with Crippen molar-refractivity contribution in [3.8, 4) is 5.75 Å². The van der Waals surface area contributed by atoms with Crippen LogP contribution in [0.15, 0.2) is 116 Å². The number of carboxylic acid groups (broad SMARTS) is 4. The molecule has 0 radical (unpaired) electrons. The Balaban J connectivity index is 0.00000430. The second-order valence-electron chi connectivity index (χ2n) is 31.8. The van der Waals surface area contributed by atoms with Crippen molar-refractivity contribution < 1.29 is 140 Å². The van der Waals surface area contributed by atoms with Crippen LogP contribution in [0.1, 0.15) is 131 Å². The van der Waals surface area contributed by atoms with Crippen molar-refractivity contribution in [2.75, 3.05) is 6.61 Å². The third-order valence-electron chi connectivity index (χ3n) is 20.1. The van der Waals surface area contributed by atoms with Gasteiger partial charge in [0.05, 0.1) is 25.2 Å². The number of aliphatic carboxylic acids is 4. The van der Waals surface area contributed by atoms with Crippen molar-refractivity contribution in [1.29, 1.82) is 0 Å². The molecule has 0 aliphatic heterocycles. The molecule has 0 saturated carbocycles. The van der Waals surface area contributed by atoms with Gasteiger partial charge in [0, 0.05) is 79.6 Å². The van der Waals surface area contributed by atoms with E-state index in [4.69, 9.17) is 15.6 Å². The van der Waals surface area contributed by atoms with Crippen LogP contribution in [-0.2, 0) is 112 Å². The summed E-state index contributed by atoms with van der Waals surface area (Å²) in [7, 11) is 0. The maximum atomic E-state index is 15.0. The van der Waals surface area contributed by atoms with Crippen LogP contribution in [-0.4, -0.2) is 261 Å². The smallest absolute Gasteiger partial charge is 0.490 e. The number of H-pyrrole nitrogens is 2. The summed E-state index contributed by atoms with van der Waals surface area (Å²) >= 11 is 0. The van der Waals surface area contributed by atoms with Crippen LogP contribution in [0.2, 0.25) is 0 Å². The molecule has 0 bridgehead atoms. The molecule has 6 aromatic rings. The van der Waals surface area contributed by atoms with Crippen molar-refractivity contribution in [2.24, 2.45) is 23.5 Å². The molecular formula is C86H115F3N16O26. The summed E-state index contributed by atoms with van der Waals surface area (Å²) in [6.45, 7) is 11.8. The van der Waals surface area contributed by atoms with Crippen LogP contribution in [0.4, 0.5) is 13.2 Å². The zero-order valence-corrected chi connectivity index (χ0v) is 72.3. The number of fused-ring (bicyclic) bond motifs is 2. The lowest BCUT2D eigenvalue weighted by atomic mass is 9.99. The summed E-state index contributed by atoms with van der Waals surface area (Å²) in [5.74, 6) is -24.8. The number of aromatic hydroxyl groups is 1. The summed E-state index contributed by atoms with van der Waals surface area (Å²) < 4.78 is 31.7. The number of nitrogens with two attached hydrogens (primary N) is 1. The molecule has 45 heteroatoms. The third-order valence-corrected chi connectivity index (χ3v) is 20.1. The molecule has 15 atom stereocenters. The van der Waals surface area contributed by atoms with Gasteiger partial charge in [-0.15, -0.1) is 0 Å². The molecule has 4 aromatic carbocycles. The van der Waals surface area contributed by atoms with Crippen LogP contribution < -0.4 is 74.9 Å². The molecule has 0 spiro atoms. The fraction of sp³-hybridized carbons (Fsp3) is 0.465. The predicted octanol–water partition coefficient (Wildman–Crippen LogP) is -0.981. The van der Waals surface area contributed by atoms with Gasteiger partial charge in [-0.1, -0.05) is 128 Å². The number of primary amides is 1. The Morgan fingerprint density at radius 2 is 0.702 bits per heavy atom. The van der Waals surface area contributed by atoms with Gasteiger partial charge >= 0.3 is 30.1 Å². The highest BCUT2D eigenvalue weighted by atomic mass is 19.4. The van der Waals surface area contributed by atoms with Crippen molar-refractivity contribution in [3.05, 3.63) is 138 Å². The number of aromatic nitrogens is 2. The number of para-hydroxylation sites is 2. The number of carbonyl (C=O) groups excluding carboxylic acids is 14. The molecule has 0 aliphatic carbocycles. The molecule has 2 heterocycles. The van der Waals surface area contributed by atoms with E-state index in [0.717, 1.165) is 13.8 Å². The number of benzene rings is 4. The average Bonchev–Trinajstić information content (AvgIpc) is 1.70. The molecule has 6 rings (SSSR count). The molecule has 0 saturated heterocycles. The molecule has 716 valence electrons. The Bertz CT molecular complexity index is 4990. The van der Waals surface area contributed by atoms with Gasteiger partial charge in [0.2, 0.25) is 82.7 Å². The summed E-state index contributed by atoms with van der Waals surface area (Å²) in [6.07, 6.45) is -11.4. The number of aliphatic hydroxyl groups excluding tert-OH is 3. The van der Waals surface area contributed by atoms with E-state index in [-0.39, 0.29) is 38.0 Å². The Hall–Kier alpha value is -14.1. The number of aromatic amines is 2. The van der Waals surface area contributed by atoms with E-state index >= 15 is 0 Å². The van der Waals surface area contributed by atoms with E-state index < -0.39 is 273 Å². The second kappa shape index (κ2) is 51.8. The van der Waals surface area contributed by atoms with E-state index in [1.54, 1.807) is 127 Å². The van der Waals surface area contributed by atoms with Gasteiger partial charge in [0.1, 0.15) is 84.3 Å². The number of hydrogen-bond donors (Lipinski definition) is 24. The lowest BCUT2D eigenvalue weighted by molar-refractivity contribution is -0.192. The Kier molecular flexibility index (Phi) is 43.2. The fourth-order valence-electron chi connectivity index (χ4n) is 13.3. The zero-order valence-electron chi connectivity index (χ0n) is 72.3. The van der Waals surface area contributed by atoms with E-state index in [2.05, 4.69) is 79.1 Å². The molecule has 14 amide bonds. The van der Waals surface area contributed by atoms with E-state index in [1.165, 1.54) is 37.4 Å². The highest BCUT2D eigenvalue weighted by Gasteiger charge is 2.42. The average molecular weight is 1850 g/mol. The zero-order chi connectivity index (χ0) is 97.3. The lowest BCUT2D eigenvalue weighted by Crippen LogP contribution is -2.63. The number of halogens is 3. The number of alkyl halides is 3. The van der Waals surface area contributed by atoms with Gasteiger partial charge in [-0.3, -0.25) is 81.5 Å². The number of phenolic OH excluding ortho intramolecular Hbond substituents is 1. The SMILES string of the molecule is C.CC(=O)N[C@H](C(=O)N[C@H](C(=O)N[C@@H](Cc1ccccc1)C(=O)N[C@H](C(=O)N[C@@H](CO)C(=O)N[C@@H](Cc1c[nH]c2ccccc12)C(=O)N[C@@H](CCC(=O)O)C(=O)N[C@@H](CCC(=O)O)C(=O)N[C@@H](Cc1ccc(O)cc1)C(=O)N[C@@H](CC(C)C)C(=O)N[C@@H](CC(=O)O)C(=O)N[C@@H](Cc1c[nH]c2ccccc12)C(=O)N[C@H](C(N)=O)C(C)C)[C@@H](C)O)C(C)C)[C@@H](C)O.O=C(O)C(F)(F)F. The fourth-order valence-corrected chi connectivity index (χ4v) is 13.3. The molecule has 42 nitrogen and oxygen atoms in total. The van der Waals surface area contributed by atoms with E-state index in [0.29, 0.717) is 38.5 Å². The summed E-state index contributed by atoms with van der Waals surface area (Å²) in [5.41, 5.74) is 8.35. The molecule has 0 unspecified atom stereocenters. The first kappa shape index (κ1) is 109. The van der Waals surface area contributed by atoms with Crippen LogP contribution in [0, 0.1) is 17.8 Å². The summed E-state index contributed by atoms with van der Waals surface area (Å²) in [4.78, 5) is 250. The Labute approximate surface area is 749 Å². The minimum Gasteiger partial charge on any atom is -0.508 e. The lowest BCUT2D eigenvalue weighted by Gasteiger charge is -2.29. The van der Waals surface area contributed by atoms with Crippen molar-refractivity contribution in [2.45, 2.75) is 231 Å². The van der Waals surface area contributed by atoms with Gasteiger partial charge < -0.3 is 126 Å². The Morgan fingerprint density at radius 1 is 0.382 bits per heavy atom. The van der Waals surface area contributed by atoms with Crippen LogP contribution >= 0.6 is 0 Å². The highest BCUT2D eigenvalue weighted by molar-refractivity contribution is 6.02. The third kappa shape index (κ3) is 35.5. The molecule has 25 N–H and O–H groups in total. The first-order valence-corrected chi connectivity index (χ1v) is 41.0. The van der Waals surface area contributed by atoms with Gasteiger partial charge in [0.15, 0.2) is 0 Å². The highest BCUT2D eigenvalue weighted by Crippen LogP contribution is 2.24. The predicted molar refractivity (Wildman–Crippen MR) is 462 cm³/mol. The molecular weight excluding hydrogens is 1730 g/mol. The standard InChI is InChI=1S/C83H110N16O24.C2HF3O2.CH4/c1-40(2)31-57(74(114)94-62(36-66(109)110)77(117)92-61(79(119)97-67(41(3)4)71(84)111)35-49-38-86-54-22-16-14-20-52(49)54)90-75(115)58(33-47-23-25-50(104)26-24-47)91-73(113)56(28-30-65(107)108)88-72(112)55(27-29-64(105)106)89-76(116)60(34-48-37-85-53-21-15-13-19-51(48)53)93-80(120)63(39-100)96-82(122)70(44(8)102)99-78(118)59(32-46-17-11-10-12-18-46)95-81(121)68(42(5)6)98-83(123)69(43(7)101)87-45(9)103;3-2(4,5)1(6)7;/h10-26,37-38,40-44,55-63,67-70,85-86,100-102,104H,27-36,39H2,1-9H3,(H2,84,111)(H,87,103)(H,88,112)(H,89,116)(H,90,115)(H,91,113)(H,92,117)(H,93,120)(H,94,114)(H,95,121)(H,96,122)(H,97,119)(H,98,123)(H,99,118)(H,105,106)(H,107,108)(H,109,110);(H,6,7);1H4/t43-,44-,55+,56+,57+,58+,59+,60+,61+,62+,63+,67+,68+,69+,70+;;/m1../s1. The number of phenols is 1. The first-order valence-electron chi connectivity index (χ1n) is 41.0. The second-order valence-corrected chi connectivity index (χ2v) is 31.8. The monoisotopic (exact) mass is 1840 g/mol.